The van der Waals surface area contributed by atoms with Crippen LogP contribution in [-0.4, -0.2) is 55.9 Å². The zero-order valence-corrected chi connectivity index (χ0v) is 13.8. The fourth-order valence-electron chi connectivity index (χ4n) is 3.10. The van der Waals surface area contributed by atoms with Gasteiger partial charge < -0.3 is 15.4 Å². The molecule has 2 fully saturated rings. The Hall–Kier alpha value is -0.650. The number of nitrogens with zero attached hydrogens (tertiary/aromatic N) is 1. The molecule has 21 heavy (non-hydrogen) atoms. The second kappa shape index (κ2) is 9.38. The molecule has 0 aromatic carbocycles. The summed E-state index contributed by atoms with van der Waals surface area (Å²) in [6.45, 7) is 10.8. The lowest BCUT2D eigenvalue weighted by Gasteiger charge is -2.27. The zero-order chi connectivity index (χ0) is 14.9. The van der Waals surface area contributed by atoms with Crippen LogP contribution in [0.15, 0.2) is 12.2 Å². The molecule has 2 rings (SSSR count). The molecule has 1 saturated heterocycles. The largest absolute Gasteiger partial charge is 0.379 e. The Morgan fingerprint density at radius 2 is 2.05 bits per heavy atom. The van der Waals surface area contributed by atoms with Gasteiger partial charge in [-0.1, -0.05) is 12.2 Å². The summed E-state index contributed by atoms with van der Waals surface area (Å²) >= 11 is 5.33. The Morgan fingerprint density at radius 3 is 2.81 bits per heavy atom. The van der Waals surface area contributed by atoms with Crippen LogP contribution in [0.1, 0.15) is 32.1 Å². The molecule has 0 aromatic rings. The molecule has 2 N–H and O–H groups in total. The van der Waals surface area contributed by atoms with Gasteiger partial charge in [0.25, 0.3) is 0 Å². The standard InChI is InChI=1S/C16H29N3OS/c1-14-3-2-4-15(13-14)5-6-17-16(21)18-7-8-19-9-11-20-12-10-19/h15H,1-13H2,(H2,17,18,21). The summed E-state index contributed by atoms with van der Waals surface area (Å²) in [6.07, 6.45) is 6.29. The molecule has 120 valence electrons. The van der Waals surface area contributed by atoms with E-state index in [1.165, 1.54) is 37.7 Å². The maximum absolute atomic E-state index is 5.34. The van der Waals surface area contributed by atoms with Crippen molar-refractivity contribution in [1.82, 2.24) is 15.5 Å². The molecular formula is C16H29N3OS. The van der Waals surface area contributed by atoms with Crippen LogP contribution < -0.4 is 10.6 Å². The molecule has 0 aromatic heterocycles. The van der Waals surface area contributed by atoms with Gasteiger partial charge in [-0.25, -0.2) is 0 Å². The number of allylic oxidation sites excluding steroid dienone is 1. The van der Waals surface area contributed by atoms with Crippen LogP contribution in [-0.2, 0) is 4.74 Å². The zero-order valence-electron chi connectivity index (χ0n) is 13.0. The summed E-state index contributed by atoms with van der Waals surface area (Å²) in [4.78, 5) is 2.41. The first kappa shape index (κ1) is 16.7. The van der Waals surface area contributed by atoms with Crippen LogP contribution >= 0.6 is 12.2 Å². The number of hydrogen-bond acceptors (Lipinski definition) is 3. The average molecular weight is 311 g/mol. The number of morpholine rings is 1. The maximum Gasteiger partial charge on any atom is 0.166 e. The Kier molecular flexibility index (Phi) is 7.47. The molecule has 0 bridgehead atoms. The fourth-order valence-corrected chi connectivity index (χ4v) is 3.31. The molecule has 0 spiro atoms. The first-order valence-corrected chi connectivity index (χ1v) is 8.63. The first-order valence-electron chi connectivity index (χ1n) is 8.22. The van der Waals surface area contributed by atoms with Crippen LogP contribution in [0.25, 0.3) is 0 Å². The summed E-state index contributed by atoms with van der Waals surface area (Å²) in [7, 11) is 0. The lowest BCUT2D eigenvalue weighted by atomic mass is 9.84. The predicted octanol–water partition coefficient (Wildman–Crippen LogP) is 1.92. The topological polar surface area (TPSA) is 36.5 Å². The summed E-state index contributed by atoms with van der Waals surface area (Å²) in [5.74, 6) is 0.801. The Morgan fingerprint density at radius 1 is 1.29 bits per heavy atom. The van der Waals surface area contributed by atoms with Crippen molar-refractivity contribution in [3.63, 3.8) is 0 Å². The fraction of sp³-hybridized carbons (Fsp3) is 0.812. The third-order valence-corrected chi connectivity index (χ3v) is 4.66. The smallest absolute Gasteiger partial charge is 0.166 e. The normalized spacial score (nSPS) is 23.8. The number of hydrogen-bond donors (Lipinski definition) is 2. The minimum atomic E-state index is 0.790. The third-order valence-electron chi connectivity index (χ3n) is 4.38. The van der Waals surface area contributed by atoms with E-state index in [0.717, 1.165) is 57.0 Å². The number of ether oxygens (including phenoxy) is 1. The molecule has 1 unspecified atom stereocenters. The van der Waals surface area contributed by atoms with Gasteiger partial charge in [0.05, 0.1) is 13.2 Å². The summed E-state index contributed by atoms with van der Waals surface area (Å²) in [6, 6.07) is 0. The average Bonchev–Trinajstić information content (AvgIpc) is 2.48. The van der Waals surface area contributed by atoms with Crippen molar-refractivity contribution < 1.29 is 4.74 Å². The van der Waals surface area contributed by atoms with Gasteiger partial charge in [0, 0.05) is 32.7 Å². The van der Waals surface area contributed by atoms with Crippen molar-refractivity contribution in [3.8, 4) is 0 Å². The van der Waals surface area contributed by atoms with Crippen molar-refractivity contribution in [2.75, 3.05) is 45.9 Å². The van der Waals surface area contributed by atoms with Gasteiger partial charge in [0.1, 0.15) is 0 Å². The van der Waals surface area contributed by atoms with Crippen molar-refractivity contribution in [2.24, 2.45) is 5.92 Å². The van der Waals surface area contributed by atoms with Gasteiger partial charge in [0.2, 0.25) is 0 Å². The third kappa shape index (κ3) is 6.76. The van der Waals surface area contributed by atoms with E-state index in [-0.39, 0.29) is 0 Å². The molecule has 1 atom stereocenters. The van der Waals surface area contributed by atoms with Gasteiger partial charge in [0.15, 0.2) is 5.11 Å². The molecule has 0 radical (unpaired) electrons. The van der Waals surface area contributed by atoms with Gasteiger partial charge in [-0.05, 0) is 50.2 Å². The second-order valence-corrected chi connectivity index (χ2v) is 6.55. The van der Waals surface area contributed by atoms with Crippen LogP contribution in [0.2, 0.25) is 0 Å². The Labute approximate surface area is 134 Å². The van der Waals surface area contributed by atoms with Crippen LogP contribution in [0.4, 0.5) is 0 Å². The quantitative estimate of drug-likeness (QED) is 0.579. The minimum Gasteiger partial charge on any atom is -0.379 e. The predicted molar refractivity (Wildman–Crippen MR) is 91.6 cm³/mol. The Bertz CT molecular complexity index is 342. The summed E-state index contributed by atoms with van der Waals surface area (Å²) < 4.78 is 5.34. The van der Waals surface area contributed by atoms with Gasteiger partial charge in [-0.15, -0.1) is 0 Å². The Balaban J connectivity index is 1.48. The van der Waals surface area contributed by atoms with E-state index >= 15 is 0 Å². The molecule has 1 aliphatic heterocycles. The second-order valence-electron chi connectivity index (χ2n) is 6.14. The number of rotatable bonds is 6. The molecule has 1 heterocycles. The summed E-state index contributed by atoms with van der Waals surface area (Å²) in [5.41, 5.74) is 1.43. The van der Waals surface area contributed by atoms with E-state index in [0.29, 0.717) is 0 Å². The lowest BCUT2D eigenvalue weighted by Crippen LogP contribution is -2.43. The van der Waals surface area contributed by atoms with Crippen molar-refractivity contribution >= 4 is 17.3 Å². The first-order chi connectivity index (χ1) is 10.2. The maximum atomic E-state index is 5.34. The summed E-state index contributed by atoms with van der Waals surface area (Å²) in [5, 5.41) is 7.42. The van der Waals surface area contributed by atoms with E-state index in [4.69, 9.17) is 17.0 Å². The van der Waals surface area contributed by atoms with Crippen molar-refractivity contribution in [2.45, 2.75) is 32.1 Å². The van der Waals surface area contributed by atoms with E-state index in [1.54, 1.807) is 0 Å². The van der Waals surface area contributed by atoms with E-state index in [9.17, 15) is 0 Å². The van der Waals surface area contributed by atoms with Crippen molar-refractivity contribution in [3.05, 3.63) is 12.2 Å². The molecule has 1 saturated carbocycles. The molecule has 0 amide bonds. The van der Waals surface area contributed by atoms with Gasteiger partial charge >= 0.3 is 0 Å². The highest BCUT2D eigenvalue weighted by atomic mass is 32.1. The SMILES string of the molecule is C=C1CCCC(CCNC(=S)NCCN2CCOCC2)C1. The van der Waals surface area contributed by atoms with E-state index < -0.39 is 0 Å². The van der Waals surface area contributed by atoms with Crippen LogP contribution in [0, 0.1) is 5.92 Å². The van der Waals surface area contributed by atoms with Crippen molar-refractivity contribution in [1.29, 1.82) is 0 Å². The van der Waals surface area contributed by atoms with Gasteiger partial charge in [-0.2, -0.15) is 0 Å². The van der Waals surface area contributed by atoms with Gasteiger partial charge in [-0.3, -0.25) is 4.90 Å². The lowest BCUT2D eigenvalue weighted by molar-refractivity contribution is 0.0389. The monoisotopic (exact) mass is 311 g/mol. The highest BCUT2D eigenvalue weighted by molar-refractivity contribution is 7.80. The molecule has 2 aliphatic rings. The van der Waals surface area contributed by atoms with E-state index in [2.05, 4.69) is 22.1 Å². The minimum absolute atomic E-state index is 0.790. The molecular weight excluding hydrogens is 282 g/mol. The number of thiocarbonyl (C=S) groups is 1. The molecule has 4 nitrogen and oxygen atoms in total. The van der Waals surface area contributed by atoms with Crippen LogP contribution in [0.3, 0.4) is 0 Å². The highest BCUT2D eigenvalue weighted by Gasteiger charge is 2.15. The number of nitrogens with one attached hydrogen (secondary N) is 2. The molecule has 5 heteroatoms. The highest BCUT2D eigenvalue weighted by Crippen LogP contribution is 2.28. The van der Waals surface area contributed by atoms with E-state index in [1.807, 2.05) is 0 Å². The van der Waals surface area contributed by atoms with Crippen LogP contribution in [0.5, 0.6) is 0 Å². The molecule has 1 aliphatic carbocycles.